The maximum Gasteiger partial charge on any atom is 0.311 e. The van der Waals surface area contributed by atoms with E-state index in [-0.39, 0.29) is 12.5 Å². The van der Waals surface area contributed by atoms with Crippen molar-refractivity contribution in [1.29, 1.82) is 0 Å². The second-order valence-corrected chi connectivity index (χ2v) is 5.91. The normalized spacial score (nSPS) is 22.6. The smallest absolute Gasteiger partial charge is 0.311 e. The minimum atomic E-state index is -0.891. The Morgan fingerprint density at radius 2 is 2.10 bits per heavy atom. The van der Waals surface area contributed by atoms with Gasteiger partial charge in [0.05, 0.1) is 5.41 Å². The number of carbonyl (C=O) groups excluding carboxylic acids is 1. The van der Waals surface area contributed by atoms with Crippen molar-refractivity contribution < 1.29 is 14.7 Å². The van der Waals surface area contributed by atoms with E-state index in [0.29, 0.717) is 35.7 Å². The van der Waals surface area contributed by atoms with Gasteiger partial charge in [0.25, 0.3) is 5.91 Å². The molecule has 6 heteroatoms. The van der Waals surface area contributed by atoms with Gasteiger partial charge < -0.3 is 15.7 Å². The predicted molar refractivity (Wildman–Crippen MR) is 76.7 cm³/mol. The summed E-state index contributed by atoms with van der Waals surface area (Å²) in [5.74, 6) is -1.10. The van der Waals surface area contributed by atoms with E-state index in [0.717, 1.165) is 0 Å². The summed E-state index contributed by atoms with van der Waals surface area (Å²) < 4.78 is 0. The maximum atomic E-state index is 12.4. The fourth-order valence-corrected chi connectivity index (χ4v) is 2.75. The average molecular weight is 297 g/mol. The van der Waals surface area contributed by atoms with Crippen LogP contribution >= 0.6 is 11.6 Å². The van der Waals surface area contributed by atoms with Crippen molar-refractivity contribution in [2.24, 2.45) is 5.41 Å². The van der Waals surface area contributed by atoms with Crippen molar-refractivity contribution in [3.63, 3.8) is 0 Å². The lowest BCUT2D eigenvalue weighted by Crippen LogP contribution is -2.48. The Hall–Kier alpha value is -1.75. The van der Waals surface area contributed by atoms with Crippen LogP contribution in [0.1, 0.15) is 30.1 Å². The number of halogens is 1. The highest BCUT2D eigenvalue weighted by molar-refractivity contribution is 6.31. The van der Waals surface area contributed by atoms with Crippen LogP contribution < -0.4 is 5.73 Å². The van der Waals surface area contributed by atoms with E-state index >= 15 is 0 Å². The molecule has 0 aliphatic carbocycles. The topological polar surface area (TPSA) is 83.6 Å². The van der Waals surface area contributed by atoms with E-state index in [1.165, 1.54) is 0 Å². The fourth-order valence-electron chi connectivity index (χ4n) is 2.51. The number of nitrogens with zero attached hydrogens (tertiary/aromatic N) is 1. The highest BCUT2D eigenvalue weighted by Crippen LogP contribution is 2.31. The molecule has 2 rings (SSSR count). The van der Waals surface area contributed by atoms with Crippen LogP contribution in [0.5, 0.6) is 0 Å². The van der Waals surface area contributed by atoms with Gasteiger partial charge in [-0.25, -0.2) is 0 Å². The quantitative estimate of drug-likeness (QED) is 0.820. The van der Waals surface area contributed by atoms with E-state index in [2.05, 4.69) is 0 Å². The van der Waals surface area contributed by atoms with Gasteiger partial charge in [-0.2, -0.15) is 0 Å². The number of nitrogen functional groups attached to an aromatic ring is 1. The highest BCUT2D eigenvalue weighted by Gasteiger charge is 2.39. The lowest BCUT2D eigenvalue weighted by Gasteiger charge is -2.37. The van der Waals surface area contributed by atoms with Crippen LogP contribution in [-0.2, 0) is 4.79 Å². The van der Waals surface area contributed by atoms with Crippen molar-refractivity contribution in [1.82, 2.24) is 4.90 Å². The van der Waals surface area contributed by atoms with Gasteiger partial charge in [-0.05, 0) is 38.0 Å². The van der Waals surface area contributed by atoms with Crippen LogP contribution in [0.15, 0.2) is 18.2 Å². The molecule has 0 bridgehead atoms. The van der Waals surface area contributed by atoms with Gasteiger partial charge in [-0.3, -0.25) is 9.59 Å². The molecule has 1 atom stereocenters. The third kappa shape index (κ3) is 2.88. The summed E-state index contributed by atoms with van der Waals surface area (Å²) >= 11 is 5.89. The molecule has 0 radical (unpaired) electrons. The van der Waals surface area contributed by atoms with Gasteiger partial charge in [-0.15, -0.1) is 0 Å². The van der Waals surface area contributed by atoms with Crippen LogP contribution in [0.25, 0.3) is 0 Å². The van der Waals surface area contributed by atoms with Crippen molar-refractivity contribution in [3.8, 4) is 0 Å². The van der Waals surface area contributed by atoms with Crippen molar-refractivity contribution >= 4 is 29.2 Å². The summed E-state index contributed by atoms with van der Waals surface area (Å²) in [5, 5.41) is 9.67. The SMILES string of the molecule is CC1(C(=O)O)CCCN(C(=O)c2cc(N)cc(Cl)c2)C1. The van der Waals surface area contributed by atoms with E-state index in [9.17, 15) is 14.7 Å². The van der Waals surface area contributed by atoms with Crippen LogP contribution in [0.3, 0.4) is 0 Å². The maximum absolute atomic E-state index is 12.4. The van der Waals surface area contributed by atoms with E-state index in [1.54, 1.807) is 30.0 Å². The zero-order valence-corrected chi connectivity index (χ0v) is 12.0. The number of hydrogen-bond acceptors (Lipinski definition) is 3. The highest BCUT2D eigenvalue weighted by atomic mass is 35.5. The number of anilines is 1. The molecule has 5 nitrogen and oxygen atoms in total. The number of carbonyl (C=O) groups is 2. The lowest BCUT2D eigenvalue weighted by molar-refractivity contribution is -0.150. The molecular weight excluding hydrogens is 280 g/mol. The third-order valence-electron chi connectivity index (χ3n) is 3.67. The molecule has 3 N–H and O–H groups in total. The number of amides is 1. The molecule has 1 unspecified atom stereocenters. The Labute approximate surface area is 122 Å². The summed E-state index contributed by atoms with van der Waals surface area (Å²) in [6.07, 6.45) is 1.24. The monoisotopic (exact) mass is 296 g/mol. The summed E-state index contributed by atoms with van der Waals surface area (Å²) in [6, 6.07) is 4.67. The minimum absolute atomic E-state index is 0.202. The number of aliphatic carboxylic acids is 1. The average Bonchev–Trinajstić information content (AvgIpc) is 2.36. The molecule has 1 aromatic carbocycles. The Balaban J connectivity index is 2.22. The number of hydrogen-bond donors (Lipinski definition) is 2. The Morgan fingerprint density at radius 1 is 1.40 bits per heavy atom. The Kier molecular flexibility index (Phi) is 3.90. The fraction of sp³-hybridized carbons (Fsp3) is 0.429. The summed E-state index contributed by atoms with van der Waals surface area (Å²) in [7, 11) is 0. The van der Waals surface area contributed by atoms with Crippen LogP contribution in [0, 0.1) is 5.41 Å². The molecule has 0 spiro atoms. The second-order valence-electron chi connectivity index (χ2n) is 5.47. The molecule has 1 fully saturated rings. The number of benzene rings is 1. The van der Waals surface area contributed by atoms with Gasteiger partial charge in [0, 0.05) is 29.4 Å². The predicted octanol–water partition coefficient (Wildman–Crippen LogP) is 2.25. The molecule has 0 aromatic heterocycles. The van der Waals surface area contributed by atoms with Gasteiger partial charge in [-0.1, -0.05) is 11.6 Å². The summed E-state index contributed by atoms with van der Waals surface area (Å²) in [4.78, 5) is 25.3. The first-order chi connectivity index (χ1) is 9.32. The largest absolute Gasteiger partial charge is 0.481 e. The van der Waals surface area contributed by atoms with Crippen molar-refractivity contribution in [2.45, 2.75) is 19.8 Å². The standard InChI is InChI=1S/C14H17ClN2O3/c1-14(13(19)20)3-2-4-17(8-14)12(18)9-5-10(15)7-11(16)6-9/h5-7H,2-4,8,16H2,1H3,(H,19,20). The van der Waals surface area contributed by atoms with Gasteiger partial charge >= 0.3 is 5.97 Å². The zero-order chi connectivity index (χ0) is 14.9. The first-order valence-corrected chi connectivity index (χ1v) is 6.78. The number of nitrogens with two attached hydrogens (primary N) is 1. The number of carboxylic acid groups (broad SMARTS) is 1. The second kappa shape index (κ2) is 5.32. The van der Waals surface area contributed by atoms with Gasteiger partial charge in [0.1, 0.15) is 0 Å². The molecule has 0 saturated carbocycles. The molecule has 1 aliphatic rings. The molecule has 1 aromatic rings. The molecule has 108 valence electrons. The molecule has 1 aliphatic heterocycles. The first-order valence-electron chi connectivity index (χ1n) is 6.40. The molecule has 1 heterocycles. The van der Waals surface area contributed by atoms with Crippen LogP contribution in [0.4, 0.5) is 5.69 Å². The molecular formula is C14H17ClN2O3. The summed E-state index contributed by atoms with van der Waals surface area (Å²) in [5.41, 5.74) is 5.60. The van der Waals surface area contributed by atoms with Gasteiger partial charge in [0.15, 0.2) is 0 Å². The minimum Gasteiger partial charge on any atom is -0.481 e. The third-order valence-corrected chi connectivity index (χ3v) is 3.89. The number of likely N-dealkylation sites (tertiary alicyclic amines) is 1. The number of rotatable bonds is 2. The molecule has 1 amide bonds. The lowest BCUT2D eigenvalue weighted by atomic mass is 9.82. The van der Waals surface area contributed by atoms with Gasteiger partial charge in [0.2, 0.25) is 0 Å². The Morgan fingerprint density at radius 3 is 2.70 bits per heavy atom. The van der Waals surface area contributed by atoms with Crippen molar-refractivity contribution in [2.75, 3.05) is 18.8 Å². The van der Waals surface area contributed by atoms with E-state index < -0.39 is 11.4 Å². The first kappa shape index (κ1) is 14.7. The Bertz CT molecular complexity index is 541. The van der Waals surface area contributed by atoms with Crippen LogP contribution in [-0.4, -0.2) is 35.0 Å². The van der Waals surface area contributed by atoms with Crippen LogP contribution in [0.2, 0.25) is 5.02 Å². The van der Waals surface area contributed by atoms with E-state index in [1.807, 2.05) is 0 Å². The summed E-state index contributed by atoms with van der Waals surface area (Å²) in [6.45, 7) is 2.42. The van der Waals surface area contributed by atoms with E-state index in [4.69, 9.17) is 17.3 Å². The van der Waals surface area contributed by atoms with Crippen molar-refractivity contribution in [3.05, 3.63) is 28.8 Å². The number of piperidine rings is 1. The zero-order valence-electron chi connectivity index (χ0n) is 11.2. The molecule has 1 saturated heterocycles. The number of carboxylic acids is 1. The molecule has 20 heavy (non-hydrogen) atoms.